The van der Waals surface area contributed by atoms with Crippen LogP contribution in [0.4, 0.5) is 11.5 Å². The van der Waals surface area contributed by atoms with Crippen LogP contribution in [0, 0.1) is 6.92 Å². The number of likely N-dealkylation sites (tertiary alicyclic amines) is 1. The van der Waals surface area contributed by atoms with Crippen LogP contribution in [-0.2, 0) is 4.74 Å². The fourth-order valence-electron chi connectivity index (χ4n) is 5.10. The van der Waals surface area contributed by atoms with E-state index in [-0.39, 0.29) is 5.56 Å². The number of pyridine rings is 2. The van der Waals surface area contributed by atoms with Crippen molar-refractivity contribution in [2.24, 2.45) is 0 Å². The van der Waals surface area contributed by atoms with E-state index in [1.807, 2.05) is 24.3 Å². The van der Waals surface area contributed by atoms with Gasteiger partial charge in [-0.05, 0) is 74.2 Å². The van der Waals surface area contributed by atoms with Crippen molar-refractivity contribution in [3.05, 3.63) is 70.3 Å². The summed E-state index contributed by atoms with van der Waals surface area (Å²) < 4.78 is 5.23. The van der Waals surface area contributed by atoms with Gasteiger partial charge in [-0.15, -0.1) is 0 Å². The predicted molar refractivity (Wildman–Crippen MR) is 148 cm³/mol. The Morgan fingerprint density at radius 2 is 1.97 bits per heavy atom. The molecule has 0 bridgehead atoms. The van der Waals surface area contributed by atoms with Crippen molar-refractivity contribution >= 4 is 22.5 Å². The summed E-state index contributed by atoms with van der Waals surface area (Å²) in [6.45, 7) is 7.33. The largest absolute Gasteiger partial charge is 0.383 e. The number of nitrogens with zero attached hydrogens (tertiary/aromatic N) is 3. The van der Waals surface area contributed by atoms with Crippen molar-refractivity contribution < 1.29 is 4.74 Å². The van der Waals surface area contributed by atoms with Gasteiger partial charge in [-0.2, -0.15) is 0 Å². The SMILES string of the molecule is COCCN1CCC(c2cc(C)c3nc(-c4c(NCCNc5ccccn5)cc[nH]c4=O)[nH]c3c2)CC1. The van der Waals surface area contributed by atoms with Crippen LogP contribution in [0.25, 0.3) is 22.4 Å². The number of ether oxygens (including phenoxy) is 1. The highest BCUT2D eigenvalue weighted by Gasteiger charge is 2.22. The van der Waals surface area contributed by atoms with Crippen molar-refractivity contribution in [3.8, 4) is 11.4 Å². The molecule has 3 aromatic heterocycles. The number of hydrogen-bond donors (Lipinski definition) is 4. The highest BCUT2D eigenvalue weighted by molar-refractivity contribution is 5.85. The summed E-state index contributed by atoms with van der Waals surface area (Å²) in [5, 5.41) is 6.66. The number of fused-ring (bicyclic) bond motifs is 1. The second-order valence-corrected chi connectivity index (χ2v) is 9.59. The van der Waals surface area contributed by atoms with E-state index in [2.05, 4.69) is 49.5 Å². The molecule has 0 amide bonds. The number of aryl methyl sites for hydroxylation is 1. The topological polar surface area (TPSA) is 111 Å². The highest BCUT2D eigenvalue weighted by Crippen LogP contribution is 2.32. The lowest BCUT2D eigenvalue weighted by Gasteiger charge is -2.32. The van der Waals surface area contributed by atoms with E-state index in [1.165, 1.54) is 5.56 Å². The van der Waals surface area contributed by atoms with Gasteiger partial charge in [0.1, 0.15) is 17.2 Å². The van der Waals surface area contributed by atoms with Crippen LogP contribution in [0.5, 0.6) is 0 Å². The third-order valence-electron chi connectivity index (χ3n) is 7.08. The van der Waals surface area contributed by atoms with Crippen LogP contribution in [0.3, 0.4) is 0 Å². The third kappa shape index (κ3) is 5.84. The van der Waals surface area contributed by atoms with Crippen molar-refractivity contribution in [3.63, 3.8) is 0 Å². The van der Waals surface area contributed by atoms with Crippen LogP contribution < -0.4 is 16.2 Å². The molecule has 37 heavy (non-hydrogen) atoms. The molecule has 1 aliphatic rings. The summed E-state index contributed by atoms with van der Waals surface area (Å²) in [7, 11) is 1.76. The first kappa shape index (κ1) is 25.0. The maximum Gasteiger partial charge on any atom is 0.261 e. The summed E-state index contributed by atoms with van der Waals surface area (Å²) in [6, 6.07) is 12.1. The summed E-state index contributed by atoms with van der Waals surface area (Å²) in [6.07, 6.45) is 5.68. The number of rotatable bonds is 10. The number of piperidine rings is 1. The Hall–Kier alpha value is -3.69. The molecule has 9 nitrogen and oxygen atoms in total. The summed E-state index contributed by atoms with van der Waals surface area (Å²) >= 11 is 0. The zero-order valence-corrected chi connectivity index (χ0v) is 21.5. The summed E-state index contributed by atoms with van der Waals surface area (Å²) in [5.41, 5.74) is 5.42. The molecule has 0 atom stereocenters. The smallest absolute Gasteiger partial charge is 0.261 e. The number of imidazole rings is 1. The number of nitrogens with one attached hydrogen (secondary N) is 4. The van der Waals surface area contributed by atoms with E-state index >= 15 is 0 Å². The number of anilines is 2. The fourth-order valence-corrected chi connectivity index (χ4v) is 5.10. The number of hydrogen-bond acceptors (Lipinski definition) is 7. The minimum absolute atomic E-state index is 0.178. The van der Waals surface area contributed by atoms with Gasteiger partial charge in [-0.1, -0.05) is 12.1 Å². The lowest BCUT2D eigenvalue weighted by molar-refractivity contribution is 0.130. The molecule has 5 rings (SSSR count). The monoisotopic (exact) mass is 501 g/mol. The van der Waals surface area contributed by atoms with E-state index < -0.39 is 0 Å². The van der Waals surface area contributed by atoms with Crippen LogP contribution in [0.1, 0.15) is 29.9 Å². The Labute approximate surface area is 216 Å². The van der Waals surface area contributed by atoms with Crippen molar-refractivity contribution in [1.82, 2.24) is 24.8 Å². The molecule has 0 aliphatic carbocycles. The first-order valence-corrected chi connectivity index (χ1v) is 12.9. The van der Waals surface area contributed by atoms with E-state index in [0.29, 0.717) is 30.4 Å². The van der Waals surface area contributed by atoms with Crippen LogP contribution in [-0.4, -0.2) is 71.3 Å². The van der Waals surface area contributed by atoms with Gasteiger partial charge >= 0.3 is 0 Å². The molecule has 9 heteroatoms. The number of aromatic nitrogens is 4. The van der Waals surface area contributed by atoms with Gasteiger partial charge in [0.25, 0.3) is 5.56 Å². The Bertz CT molecular complexity index is 1370. The second kappa shape index (κ2) is 11.6. The van der Waals surface area contributed by atoms with E-state index in [4.69, 9.17) is 9.72 Å². The van der Waals surface area contributed by atoms with Gasteiger partial charge in [-0.25, -0.2) is 9.97 Å². The van der Waals surface area contributed by atoms with Crippen LogP contribution >= 0.6 is 0 Å². The van der Waals surface area contributed by atoms with E-state index in [0.717, 1.165) is 67.2 Å². The normalized spacial score (nSPS) is 14.8. The molecule has 194 valence electrons. The number of benzene rings is 1. The molecule has 0 spiro atoms. The molecule has 1 aromatic carbocycles. The fraction of sp³-hybridized carbons (Fsp3) is 0.393. The lowest BCUT2D eigenvalue weighted by Crippen LogP contribution is -2.35. The van der Waals surface area contributed by atoms with Crippen LogP contribution in [0.15, 0.2) is 53.6 Å². The second-order valence-electron chi connectivity index (χ2n) is 9.59. The Morgan fingerprint density at radius 3 is 2.76 bits per heavy atom. The average molecular weight is 502 g/mol. The van der Waals surface area contributed by atoms with Gasteiger partial charge in [0.15, 0.2) is 0 Å². The summed E-state index contributed by atoms with van der Waals surface area (Å²) in [5.74, 6) is 1.92. The molecule has 0 saturated carbocycles. The number of H-pyrrole nitrogens is 2. The Kier molecular flexibility index (Phi) is 7.82. The molecule has 0 unspecified atom stereocenters. The van der Waals surface area contributed by atoms with E-state index in [1.54, 1.807) is 19.5 Å². The van der Waals surface area contributed by atoms with Gasteiger partial charge < -0.3 is 30.2 Å². The maximum atomic E-state index is 12.9. The Balaban J connectivity index is 1.33. The Morgan fingerprint density at radius 1 is 1.14 bits per heavy atom. The lowest BCUT2D eigenvalue weighted by atomic mass is 9.88. The van der Waals surface area contributed by atoms with Crippen molar-refractivity contribution in [1.29, 1.82) is 0 Å². The zero-order chi connectivity index (χ0) is 25.6. The van der Waals surface area contributed by atoms with Gasteiger partial charge in [0.05, 0.1) is 23.3 Å². The highest BCUT2D eigenvalue weighted by atomic mass is 16.5. The average Bonchev–Trinajstić information content (AvgIpc) is 3.35. The standard InChI is InChI=1S/C28H35N7O2/c1-19-17-21(20-7-13-35(14-8-20)15-16-37-2)18-23-26(19)34-27(33-23)25-22(6-10-32-28(25)36)29-11-12-31-24-5-3-4-9-30-24/h3-6,9-10,17-18,20H,7-8,11-16H2,1-2H3,(H,30,31)(H,33,34)(H2,29,32,36). The molecule has 4 N–H and O–H groups in total. The van der Waals surface area contributed by atoms with Gasteiger partial charge in [0, 0.05) is 39.1 Å². The third-order valence-corrected chi connectivity index (χ3v) is 7.08. The molecule has 0 radical (unpaired) electrons. The van der Waals surface area contributed by atoms with Crippen LogP contribution in [0.2, 0.25) is 0 Å². The molecule has 4 aromatic rings. The molecule has 4 heterocycles. The molecular weight excluding hydrogens is 466 g/mol. The first-order chi connectivity index (χ1) is 18.1. The van der Waals surface area contributed by atoms with Crippen molar-refractivity contribution in [2.75, 3.05) is 57.1 Å². The van der Waals surface area contributed by atoms with Gasteiger partial charge in [0.2, 0.25) is 0 Å². The maximum absolute atomic E-state index is 12.9. The number of aromatic amines is 2. The minimum atomic E-state index is -0.178. The first-order valence-electron chi connectivity index (χ1n) is 12.9. The predicted octanol–water partition coefficient (Wildman–Crippen LogP) is 3.97. The molecule has 1 saturated heterocycles. The van der Waals surface area contributed by atoms with Gasteiger partial charge in [-0.3, -0.25) is 4.79 Å². The quantitative estimate of drug-likeness (QED) is 0.243. The van der Waals surface area contributed by atoms with E-state index in [9.17, 15) is 4.79 Å². The minimum Gasteiger partial charge on any atom is -0.383 e. The number of methoxy groups -OCH3 is 1. The zero-order valence-electron chi connectivity index (χ0n) is 21.5. The van der Waals surface area contributed by atoms with Crippen molar-refractivity contribution in [2.45, 2.75) is 25.7 Å². The molecular formula is C28H35N7O2. The molecule has 1 aliphatic heterocycles. The molecule has 1 fully saturated rings. The summed E-state index contributed by atoms with van der Waals surface area (Å²) in [4.78, 5) is 30.7.